The highest BCUT2D eigenvalue weighted by Gasteiger charge is 2.12. The van der Waals surface area contributed by atoms with Crippen molar-refractivity contribution in [3.8, 4) is 0 Å². The van der Waals surface area contributed by atoms with E-state index in [-0.39, 0.29) is 6.04 Å². The Morgan fingerprint density at radius 1 is 1.27 bits per heavy atom. The summed E-state index contributed by atoms with van der Waals surface area (Å²) >= 11 is 0. The maximum absolute atomic E-state index is 10.8. The average Bonchev–Trinajstić information content (AvgIpc) is 2.54. The molecule has 2 atom stereocenters. The highest BCUT2D eigenvalue weighted by Crippen LogP contribution is 2.15. The van der Waals surface area contributed by atoms with Gasteiger partial charge in [-0.15, -0.1) is 0 Å². The van der Waals surface area contributed by atoms with Gasteiger partial charge in [0.2, 0.25) is 0 Å². The number of hydrogen-bond acceptors (Lipinski definition) is 4. The molecule has 1 aromatic heterocycles. The first-order valence-corrected chi connectivity index (χ1v) is 7.26. The third-order valence-corrected chi connectivity index (χ3v) is 3.59. The second kappa shape index (κ2) is 7.68. The number of carboxylic acid groups (broad SMARTS) is 1. The van der Waals surface area contributed by atoms with Crippen molar-refractivity contribution in [3.05, 3.63) is 65.5 Å². The van der Waals surface area contributed by atoms with E-state index in [1.165, 1.54) is 0 Å². The van der Waals surface area contributed by atoms with Crippen LogP contribution in [-0.2, 0) is 17.8 Å². The van der Waals surface area contributed by atoms with Crippen LogP contribution in [0.5, 0.6) is 0 Å². The minimum atomic E-state index is -0.976. The van der Waals surface area contributed by atoms with Crippen molar-refractivity contribution in [2.45, 2.75) is 32.0 Å². The van der Waals surface area contributed by atoms with E-state index in [1.807, 2.05) is 42.6 Å². The van der Waals surface area contributed by atoms with Gasteiger partial charge in [-0.3, -0.25) is 9.78 Å². The number of rotatable bonds is 7. The molecule has 5 nitrogen and oxygen atoms in total. The molecule has 0 radical (unpaired) electrons. The van der Waals surface area contributed by atoms with Crippen LogP contribution in [0.3, 0.4) is 0 Å². The van der Waals surface area contributed by atoms with Crippen molar-refractivity contribution in [3.63, 3.8) is 0 Å². The van der Waals surface area contributed by atoms with Crippen LogP contribution in [0.15, 0.2) is 48.8 Å². The summed E-state index contributed by atoms with van der Waals surface area (Å²) in [5.74, 6) is -0.976. The number of carbonyl (C=O) groups is 1. The standard InChI is InChI=1S/C17H21N3O2/c1-12(20-11-14-3-2-8-19-10-14)15-6-4-13(5-7-15)9-16(18)17(21)22/h2-8,10,12,16,20H,9,11,18H2,1H3,(H,21,22)/t12?,16-/m1/s1. The topological polar surface area (TPSA) is 88.2 Å². The predicted octanol–water partition coefficient (Wildman–Crippen LogP) is 1.89. The van der Waals surface area contributed by atoms with Crippen LogP contribution in [0.4, 0.5) is 0 Å². The van der Waals surface area contributed by atoms with Crippen molar-refractivity contribution >= 4 is 5.97 Å². The molecular weight excluding hydrogens is 278 g/mol. The molecule has 1 aromatic carbocycles. The fourth-order valence-electron chi connectivity index (χ4n) is 2.18. The van der Waals surface area contributed by atoms with Gasteiger partial charge >= 0.3 is 5.97 Å². The Hall–Kier alpha value is -2.24. The highest BCUT2D eigenvalue weighted by atomic mass is 16.4. The zero-order valence-electron chi connectivity index (χ0n) is 12.6. The number of nitrogens with two attached hydrogens (primary N) is 1. The molecule has 0 spiro atoms. The van der Waals surface area contributed by atoms with E-state index in [1.54, 1.807) is 6.20 Å². The zero-order chi connectivity index (χ0) is 15.9. The Kier molecular flexibility index (Phi) is 5.63. The number of nitrogens with zero attached hydrogens (tertiary/aromatic N) is 1. The minimum Gasteiger partial charge on any atom is -0.480 e. The second-order valence-electron chi connectivity index (χ2n) is 5.35. The first-order valence-electron chi connectivity index (χ1n) is 7.26. The van der Waals surface area contributed by atoms with Gasteiger partial charge in [0.15, 0.2) is 0 Å². The molecule has 0 fully saturated rings. The maximum atomic E-state index is 10.8. The average molecular weight is 299 g/mol. The number of benzene rings is 1. The molecule has 22 heavy (non-hydrogen) atoms. The molecule has 0 aliphatic rings. The van der Waals surface area contributed by atoms with Crippen LogP contribution in [0.2, 0.25) is 0 Å². The summed E-state index contributed by atoms with van der Waals surface area (Å²) in [5, 5.41) is 12.3. The van der Waals surface area contributed by atoms with Crippen molar-refractivity contribution in [2.24, 2.45) is 5.73 Å². The lowest BCUT2D eigenvalue weighted by Gasteiger charge is -2.15. The SMILES string of the molecule is CC(NCc1cccnc1)c1ccc(C[C@@H](N)C(=O)O)cc1. The molecular formula is C17H21N3O2. The first-order chi connectivity index (χ1) is 10.6. The predicted molar refractivity (Wildman–Crippen MR) is 85.2 cm³/mol. The third-order valence-electron chi connectivity index (χ3n) is 3.59. The van der Waals surface area contributed by atoms with Crippen LogP contribution in [0, 0.1) is 0 Å². The number of pyridine rings is 1. The fraction of sp³-hybridized carbons (Fsp3) is 0.294. The molecule has 4 N–H and O–H groups in total. The molecule has 0 amide bonds. The van der Waals surface area contributed by atoms with E-state index in [2.05, 4.69) is 17.2 Å². The Bertz CT molecular complexity index is 599. The lowest BCUT2D eigenvalue weighted by atomic mass is 10.0. The van der Waals surface area contributed by atoms with Crippen LogP contribution in [-0.4, -0.2) is 22.1 Å². The Labute approximate surface area is 130 Å². The Morgan fingerprint density at radius 3 is 2.59 bits per heavy atom. The number of carboxylic acids is 1. The van der Waals surface area contributed by atoms with Gasteiger partial charge in [0.1, 0.15) is 6.04 Å². The van der Waals surface area contributed by atoms with Gasteiger partial charge in [-0.1, -0.05) is 30.3 Å². The minimum absolute atomic E-state index is 0.197. The number of aliphatic carboxylic acids is 1. The molecule has 0 saturated heterocycles. The number of aromatic nitrogens is 1. The van der Waals surface area contributed by atoms with Gasteiger partial charge in [-0.05, 0) is 36.1 Å². The summed E-state index contributed by atoms with van der Waals surface area (Å²) < 4.78 is 0. The smallest absolute Gasteiger partial charge is 0.320 e. The summed E-state index contributed by atoms with van der Waals surface area (Å²) in [7, 11) is 0. The highest BCUT2D eigenvalue weighted by molar-refractivity contribution is 5.73. The lowest BCUT2D eigenvalue weighted by Crippen LogP contribution is -2.32. The molecule has 2 rings (SSSR count). The van der Waals surface area contributed by atoms with Crippen LogP contribution in [0.1, 0.15) is 29.7 Å². The molecule has 0 saturated carbocycles. The van der Waals surface area contributed by atoms with Crippen LogP contribution in [0.25, 0.3) is 0 Å². The molecule has 0 aliphatic carbocycles. The van der Waals surface area contributed by atoms with Gasteiger partial charge in [-0.2, -0.15) is 0 Å². The van der Waals surface area contributed by atoms with E-state index in [0.29, 0.717) is 6.42 Å². The number of hydrogen-bond donors (Lipinski definition) is 3. The van der Waals surface area contributed by atoms with E-state index in [4.69, 9.17) is 10.8 Å². The monoisotopic (exact) mass is 299 g/mol. The summed E-state index contributed by atoms with van der Waals surface area (Å²) in [6.07, 6.45) is 3.94. The van der Waals surface area contributed by atoms with Gasteiger partial charge in [0.05, 0.1) is 0 Å². The van der Waals surface area contributed by atoms with Crippen molar-refractivity contribution in [1.82, 2.24) is 10.3 Å². The van der Waals surface area contributed by atoms with Crippen LogP contribution < -0.4 is 11.1 Å². The Morgan fingerprint density at radius 2 is 2.00 bits per heavy atom. The summed E-state index contributed by atoms with van der Waals surface area (Å²) in [4.78, 5) is 14.8. The van der Waals surface area contributed by atoms with Crippen LogP contribution >= 0.6 is 0 Å². The normalized spacial score (nSPS) is 13.5. The van der Waals surface area contributed by atoms with E-state index < -0.39 is 12.0 Å². The van der Waals surface area contributed by atoms with E-state index in [9.17, 15) is 4.79 Å². The third kappa shape index (κ3) is 4.65. The first kappa shape index (κ1) is 16.1. The molecule has 0 aliphatic heterocycles. The molecule has 2 aromatic rings. The van der Waals surface area contributed by atoms with Crippen molar-refractivity contribution in [1.29, 1.82) is 0 Å². The molecule has 116 valence electrons. The molecule has 5 heteroatoms. The van der Waals surface area contributed by atoms with Gasteiger partial charge in [-0.25, -0.2) is 0 Å². The van der Waals surface area contributed by atoms with Crippen molar-refractivity contribution in [2.75, 3.05) is 0 Å². The molecule has 0 bridgehead atoms. The second-order valence-corrected chi connectivity index (χ2v) is 5.35. The lowest BCUT2D eigenvalue weighted by molar-refractivity contribution is -0.138. The number of nitrogens with one attached hydrogen (secondary N) is 1. The maximum Gasteiger partial charge on any atom is 0.320 e. The van der Waals surface area contributed by atoms with Crippen molar-refractivity contribution < 1.29 is 9.90 Å². The summed E-state index contributed by atoms with van der Waals surface area (Å²) in [6.45, 7) is 2.84. The van der Waals surface area contributed by atoms with Gasteiger partial charge in [0.25, 0.3) is 0 Å². The summed E-state index contributed by atoms with van der Waals surface area (Å²) in [6, 6.07) is 11.2. The molecule has 1 heterocycles. The Balaban J connectivity index is 1.90. The zero-order valence-corrected chi connectivity index (χ0v) is 12.6. The molecule has 1 unspecified atom stereocenters. The fourth-order valence-corrected chi connectivity index (χ4v) is 2.18. The quantitative estimate of drug-likeness (QED) is 0.726. The summed E-state index contributed by atoms with van der Waals surface area (Å²) in [5.41, 5.74) is 8.76. The van der Waals surface area contributed by atoms with Gasteiger partial charge < -0.3 is 16.2 Å². The van der Waals surface area contributed by atoms with E-state index >= 15 is 0 Å². The van der Waals surface area contributed by atoms with Gasteiger partial charge in [0, 0.05) is 25.0 Å². The van der Waals surface area contributed by atoms with E-state index in [0.717, 1.165) is 23.2 Å². The largest absolute Gasteiger partial charge is 0.480 e.